The lowest BCUT2D eigenvalue weighted by molar-refractivity contribution is -0.144. The molecule has 6 nitrogen and oxygen atoms in total. The van der Waals surface area contributed by atoms with Crippen LogP contribution in [0.3, 0.4) is 0 Å². The van der Waals surface area contributed by atoms with E-state index in [1.54, 1.807) is 35.2 Å². The molecule has 2 atom stereocenters. The number of nitrogens with zero attached hydrogens (tertiary/aromatic N) is 1. The van der Waals surface area contributed by atoms with Crippen LogP contribution in [-0.2, 0) is 10.3 Å². The first kappa shape index (κ1) is 15.3. The molecule has 1 aliphatic rings. The zero-order chi connectivity index (χ0) is 15.5. The molecule has 0 radical (unpaired) electrons. The number of carboxylic acid groups (broad SMARTS) is 1. The van der Waals surface area contributed by atoms with Crippen molar-refractivity contribution in [2.24, 2.45) is 5.92 Å². The molecule has 1 fully saturated rings. The summed E-state index contributed by atoms with van der Waals surface area (Å²) >= 11 is 0. The Kier molecular flexibility index (Phi) is 4.47. The number of carbonyl (C=O) groups is 2. The van der Waals surface area contributed by atoms with E-state index < -0.39 is 17.5 Å². The Hall–Kier alpha value is -2.08. The van der Waals surface area contributed by atoms with Crippen LogP contribution in [-0.4, -0.2) is 46.8 Å². The molecule has 3 N–H and O–H groups in total. The van der Waals surface area contributed by atoms with E-state index in [9.17, 15) is 14.7 Å². The van der Waals surface area contributed by atoms with Gasteiger partial charge in [-0.1, -0.05) is 30.3 Å². The summed E-state index contributed by atoms with van der Waals surface area (Å²) in [6.07, 6.45) is 0.735. The molecule has 2 rings (SSSR count). The average Bonchev–Trinajstić information content (AvgIpc) is 2.97. The smallest absolute Gasteiger partial charge is 0.333 e. The number of aliphatic carboxylic acids is 1. The number of amides is 2. The van der Waals surface area contributed by atoms with Crippen molar-refractivity contribution >= 4 is 12.0 Å². The molecule has 1 aliphatic heterocycles. The zero-order valence-electron chi connectivity index (χ0n) is 12.0. The van der Waals surface area contributed by atoms with Gasteiger partial charge in [-0.25, -0.2) is 9.59 Å². The molecular formula is C15H20N2O4. The van der Waals surface area contributed by atoms with E-state index in [2.05, 4.69) is 5.32 Å². The Morgan fingerprint density at radius 2 is 2.05 bits per heavy atom. The molecule has 0 aliphatic carbocycles. The number of urea groups is 1. The molecule has 6 heteroatoms. The van der Waals surface area contributed by atoms with Crippen molar-refractivity contribution in [1.82, 2.24) is 10.2 Å². The second kappa shape index (κ2) is 6.13. The highest BCUT2D eigenvalue weighted by Crippen LogP contribution is 2.23. The fourth-order valence-corrected chi connectivity index (χ4v) is 2.48. The maximum absolute atomic E-state index is 12.3. The number of nitrogens with one attached hydrogen (secondary N) is 1. The number of rotatable bonds is 4. The summed E-state index contributed by atoms with van der Waals surface area (Å²) in [6.45, 7) is 2.50. The summed E-state index contributed by atoms with van der Waals surface area (Å²) in [5.41, 5.74) is -0.959. The topological polar surface area (TPSA) is 89.9 Å². The lowest BCUT2D eigenvalue weighted by Crippen LogP contribution is -2.53. The van der Waals surface area contributed by atoms with Crippen LogP contribution in [0.2, 0.25) is 0 Å². The second-order valence-electron chi connectivity index (χ2n) is 5.51. The quantitative estimate of drug-likeness (QED) is 0.772. The van der Waals surface area contributed by atoms with Gasteiger partial charge in [-0.15, -0.1) is 0 Å². The fraction of sp³-hybridized carbons (Fsp3) is 0.467. The van der Waals surface area contributed by atoms with Gasteiger partial charge in [-0.3, -0.25) is 0 Å². The van der Waals surface area contributed by atoms with Crippen molar-refractivity contribution in [1.29, 1.82) is 0 Å². The monoisotopic (exact) mass is 292 g/mol. The number of carboxylic acids is 1. The number of likely N-dealkylation sites (tertiary alicyclic amines) is 1. The first-order valence-corrected chi connectivity index (χ1v) is 6.94. The molecule has 1 aromatic carbocycles. The summed E-state index contributed by atoms with van der Waals surface area (Å²) in [5, 5.41) is 21.2. The third-order valence-corrected chi connectivity index (χ3v) is 3.97. The molecule has 0 saturated carbocycles. The van der Waals surface area contributed by atoms with Gasteiger partial charge >= 0.3 is 12.0 Å². The standard InChI is InChI=1S/C15H20N2O4/c1-15(13(19)20,12-5-3-2-4-6-12)16-14(21)17-8-7-11(9-17)10-18/h2-6,11,18H,7-10H2,1H3,(H,16,21)(H,19,20). The van der Waals surface area contributed by atoms with Crippen molar-refractivity contribution in [3.05, 3.63) is 35.9 Å². The predicted molar refractivity (Wildman–Crippen MR) is 76.7 cm³/mol. The minimum absolute atomic E-state index is 0.0403. The summed E-state index contributed by atoms with van der Waals surface area (Å²) in [5.74, 6) is -1.04. The van der Waals surface area contributed by atoms with Gasteiger partial charge in [0.2, 0.25) is 0 Å². The van der Waals surface area contributed by atoms with Crippen LogP contribution in [0.25, 0.3) is 0 Å². The number of aliphatic hydroxyl groups is 1. The largest absolute Gasteiger partial charge is 0.479 e. The molecule has 1 aromatic rings. The predicted octanol–water partition coefficient (Wildman–Crippen LogP) is 1.01. The number of aliphatic hydroxyl groups excluding tert-OH is 1. The SMILES string of the molecule is CC(NC(=O)N1CCC(CO)C1)(C(=O)O)c1ccccc1. The van der Waals surface area contributed by atoms with Crippen molar-refractivity contribution < 1.29 is 19.8 Å². The Balaban J connectivity index is 2.14. The molecule has 2 unspecified atom stereocenters. The minimum Gasteiger partial charge on any atom is -0.479 e. The van der Waals surface area contributed by atoms with Gasteiger partial charge in [0.05, 0.1) is 0 Å². The Morgan fingerprint density at radius 3 is 2.57 bits per heavy atom. The highest BCUT2D eigenvalue weighted by Gasteiger charge is 2.39. The zero-order valence-corrected chi connectivity index (χ0v) is 12.0. The molecular weight excluding hydrogens is 272 g/mol. The van der Waals surface area contributed by atoms with Crippen molar-refractivity contribution in [2.75, 3.05) is 19.7 Å². The van der Waals surface area contributed by atoms with E-state index in [1.807, 2.05) is 0 Å². The summed E-state index contributed by atoms with van der Waals surface area (Å²) < 4.78 is 0. The van der Waals surface area contributed by atoms with Gasteiger partial charge in [-0.2, -0.15) is 0 Å². The Labute approximate surface area is 123 Å². The van der Waals surface area contributed by atoms with Crippen molar-refractivity contribution in [3.8, 4) is 0 Å². The first-order valence-electron chi connectivity index (χ1n) is 6.94. The van der Waals surface area contributed by atoms with Crippen LogP contribution in [0.1, 0.15) is 18.9 Å². The van der Waals surface area contributed by atoms with E-state index >= 15 is 0 Å². The van der Waals surface area contributed by atoms with Gasteiger partial charge in [0.15, 0.2) is 5.54 Å². The average molecular weight is 292 g/mol. The number of benzene rings is 1. The highest BCUT2D eigenvalue weighted by molar-refractivity contribution is 5.87. The third kappa shape index (κ3) is 3.16. The maximum atomic E-state index is 12.3. The third-order valence-electron chi connectivity index (χ3n) is 3.97. The molecule has 0 aromatic heterocycles. The van der Waals surface area contributed by atoms with Gasteiger partial charge in [0, 0.05) is 25.6 Å². The van der Waals surface area contributed by atoms with Gasteiger partial charge in [0.1, 0.15) is 0 Å². The Morgan fingerprint density at radius 1 is 1.38 bits per heavy atom. The van der Waals surface area contributed by atoms with E-state index in [-0.39, 0.29) is 12.5 Å². The fourth-order valence-electron chi connectivity index (χ4n) is 2.48. The first-order chi connectivity index (χ1) is 9.97. The van der Waals surface area contributed by atoms with Crippen LogP contribution < -0.4 is 5.32 Å². The van der Waals surface area contributed by atoms with Crippen LogP contribution in [0, 0.1) is 5.92 Å². The van der Waals surface area contributed by atoms with Crippen LogP contribution in [0.5, 0.6) is 0 Å². The molecule has 21 heavy (non-hydrogen) atoms. The molecule has 1 heterocycles. The van der Waals surface area contributed by atoms with Gasteiger partial charge < -0.3 is 20.4 Å². The summed E-state index contributed by atoms with van der Waals surface area (Å²) in [4.78, 5) is 25.4. The summed E-state index contributed by atoms with van der Waals surface area (Å²) in [7, 11) is 0. The molecule has 0 bridgehead atoms. The maximum Gasteiger partial charge on any atom is 0.333 e. The lowest BCUT2D eigenvalue weighted by Gasteiger charge is -2.29. The lowest BCUT2D eigenvalue weighted by atomic mass is 9.92. The van der Waals surface area contributed by atoms with E-state index in [4.69, 9.17) is 5.11 Å². The number of carbonyl (C=O) groups excluding carboxylic acids is 1. The van der Waals surface area contributed by atoms with Gasteiger partial charge in [-0.05, 0) is 18.9 Å². The summed E-state index contributed by atoms with van der Waals surface area (Å²) in [6, 6.07) is 8.20. The highest BCUT2D eigenvalue weighted by atomic mass is 16.4. The Bertz CT molecular complexity index is 520. The van der Waals surface area contributed by atoms with Crippen molar-refractivity contribution in [3.63, 3.8) is 0 Å². The van der Waals surface area contributed by atoms with Crippen LogP contribution >= 0.6 is 0 Å². The number of hydrogen-bond donors (Lipinski definition) is 3. The van der Waals surface area contributed by atoms with Gasteiger partial charge in [0.25, 0.3) is 0 Å². The molecule has 1 saturated heterocycles. The molecule has 2 amide bonds. The van der Waals surface area contributed by atoms with E-state index in [0.29, 0.717) is 18.7 Å². The van der Waals surface area contributed by atoms with Crippen LogP contribution in [0.4, 0.5) is 4.79 Å². The molecule has 0 spiro atoms. The minimum atomic E-state index is -1.48. The van der Waals surface area contributed by atoms with E-state index in [0.717, 1.165) is 6.42 Å². The van der Waals surface area contributed by atoms with E-state index in [1.165, 1.54) is 6.92 Å². The number of hydrogen-bond acceptors (Lipinski definition) is 3. The normalized spacial score (nSPS) is 20.9. The van der Waals surface area contributed by atoms with Crippen molar-refractivity contribution in [2.45, 2.75) is 18.9 Å². The second-order valence-corrected chi connectivity index (χ2v) is 5.51. The molecule has 114 valence electrons. The van der Waals surface area contributed by atoms with Crippen LogP contribution in [0.15, 0.2) is 30.3 Å².